The van der Waals surface area contributed by atoms with Crippen molar-refractivity contribution in [3.05, 3.63) is 59.2 Å². The van der Waals surface area contributed by atoms with Crippen LogP contribution in [0.4, 0.5) is 11.4 Å². The fraction of sp³-hybridized carbons (Fsp3) is 0.444. The zero-order valence-electron chi connectivity index (χ0n) is 19.9. The molecule has 5 rings (SSSR count). The zero-order chi connectivity index (χ0) is 23.8. The number of hydrogen-bond acceptors (Lipinski definition) is 4. The molecule has 2 aliphatic heterocycles. The SMILES string of the molecule is CN(C)C(=O)c1ccc2c(c1)N(CC(=O)NC1CCCc3ccccc31)C(=O)C1CCCCN21. The Hall–Kier alpha value is -3.35. The molecule has 2 aromatic rings. The predicted octanol–water partition coefficient (Wildman–Crippen LogP) is 3.29. The third-order valence-corrected chi connectivity index (χ3v) is 7.29. The monoisotopic (exact) mass is 460 g/mol. The van der Waals surface area contributed by atoms with Crippen molar-refractivity contribution >= 4 is 29.1 Å². The first kappa shape index (κ1) is 22.4. The Bertz CT molecular complexity index is 1130. The first-order valence-electron chi connectivity index (χ1n) is 12.2. The first-order valence-corrected chi connectivity index (χ1v) is 12.2. The normalized spacial score (nSPS) is 21.3. The molecule has 0 saturated carbocycles. The average molecular weight is 461 g/mol. The van der Waals surface area contributed by atoms with Crippen LogP contribution < -0.4 is 15.1 Å². The molecule has 0 aromatic heterocycles. The number of carbonyl (C=O) groups excluding carboxylic acids is 3. The van der Waals surface area contributed by atoms with Crippen LogP contribution in [0.5, 0.6) is 0 Å². The van der Waals surface area contributed by atoms with Gasteiger partial charge in [0, 0.05) is 26.2 Å². The molecule has 0 radical (unpaired) electrons. The Morgan fingerprint density at radius 2 is 1.85 bits per heavy atom. The van der Waals surface area contributed by atoms with Crippen LogP contribution in [0, 0.1) is 0 Å². The van der Waals surface area contributed by atoms with Gasteiger partial charge in [-0.15, -0.1) is 0 Å². The van der Waals surface area contributed by atoms with Crippen molar-refractivity contribution in [3.8, 4) is 0 Å². The molecule has 1 N–H and O–H groups in total. The minimum atomic E-state index is -0.250. The van der Waals surface area contributed by atoms with E-state index < -0.39 is 0 Å². The molecule has 3 amide bonds. The largest absolute Gasteiger partial charge is 0.358 e. The van der Waals surface area contributed by atoms with Crippen molar-refractivity contribution in [2.24, 2.45) is 0 Å². The van der Waals surface area contributed by atoms with Gasteiger partial charge in [0.25, 0.3) is 5.91 Å². The lowest BCUT2D eigenvalue weighted by Gasteiger charge is -2.45. The molecule has 0 bridgehead atoms. The minimum absolute atomic E-state index is 0.0374. The Morgan fingerprint density at radius 1 is 1.03 bits per heavy atom. The van der Waals surface area contributed by atoms with E-state index in [0.717, 1.165) is 50.8 Å². The van der Waals surface area contributed by atoms with Gasteiger partial charge in [0.1, 0.15) is 12.6 Å². The van der Waals surface area contributed by atoms with Crippen molar-refractivity contribution in [2.45, 2.75) is 50.6 Å². The average Bonchev–Trinajstić information content (AvgIpc) is 2.86. The summed E-state index contributed by atoms with van der Waals surface area (Å²) in [6.45, 7) is 0.762. The van der Waals surface area contributed by atoms with Gasteiger partial charge in [0.15, 0.2) is 0 Å². The highest BCUT2D eigenvalue weighted by Gasteiger charge is 2.40. The minimum Gasteiger partial charge on any atom is -0.358 e. The molecule has 7 heteroatoms. The van der Waals surface area contributed by atoms with Crippen LogP contribution in [0.2, 0.25) is 0 Å². The van der Waals surface area contributed by atoms with Crippen LogP contribution in [0.1, 0.15) is 59.6 Å². The van der Waals surface area contributed by atoms with Crippen LogP contribution in [0.15, 0.2) is 42.5 Å². The van der Waals surface area contributed by atoms with E-state index in [9.17, 15) is 14.4 Å². The van der Waals surface area contributed by atoms with Gasteiger partial charge in [-0.3, -0.25) is 19.3 Å². The second-order valence-electron chi connectivity index (χ2n) is 9.74. The highest BCUT2D eigenvalue weighted by atomic mass is 16.2. The molecule has 2 aromatic carbocycles. The highest BCUT2D eigenvalue weighted by molar-refractivity contribution is 6.09. The van der Waals surface area contributed by atoms with Crippen molar-refractivity contribution in [1.82, 2.24) is 10.2 Å². The van der Waals surface area contributed by atoms with Crippen molar-refractivity contribution in [1.29, 1.82) is 0 Å². The van der Waals surface area contributed by atoms with E-state index in [0.29, 0.717) is 11.3 Å². The lowest BCUT2D eigenvalue weighted by Crippen LogP contribution is -2.57. The topological polar surface area (TPSA) is 73.0 Å². The summed E-state index contributed by atoms with van der Waals surface area (Å²) in [6.07, 6.45) is 5.76. The summed E-state index contributed by atoms with van der Waals surface area (Å²) in [4.78, 5) is 44.7. The number of fused-ring (bicyclic) bond motifs is 4. The molecule has 7 nitrogen and oxygen atoms in total. The van der Waals surface area contributed by atoms with Crippen molar-refractivity contribution < 1.29 is 14.4 Å². The number of aryl methyl sites for hydroxylation is 1. The first-order chi connectivity index (χ1) is 16.4. The Balaban J connectivity index is 1.43. The van der Waals surface area contributed by atoms with Crippen LogP contribution in [-0.4, -0.2) is 55.8 Å². The van der Waals surface area contributed by atoms with Gasteiger partial charge in [-0.25, -0.2) is 0 Å². The van der Waals surface area contributed by atoms with Gasteiger partial charge in [-0.1, -0.05) is 24.3 Å². The molecule has 1 aliphatic carbocycles. The molecule has 3 aliphatic rings. The summed E-state index contributed by atoms with van der Waals surface area (Å²) in [7, 11) is 3.42. The number of hydrogen-bond donors (Lipinski definition) is 1. The molecule has 1 saturated heterocycles. The van der Waals surface area contributed by atoms with E-state index >= 15 is 0 Å². The van der Waals surface area contributed by atoms with Crippen LogP contribution in [-0.2, 0) is 16.0 Å². The summed E-state index contributed by atoms with van der Waals surface area (Å²) >= 11 is 0. The Morgan fingerprint density at radius 3 is 2.68 bits per heavy atom. The Labute approximate surface area is 200 Å². The number of carbonyl (C=O) groups is 3. The van der Waals surface area contributed by atoms with Gasteiger partial charge in [-0.05, 0) is 67.9 Å². The van der Waals surface area contributed by atoms with E-state index in [1.807, 2.05) is 24.3 Å². The maximum absolute atomic E-state index is 13.6. The third kappa shape index (κ3) is 4.04. The standard InChI is InChI=1S/C27H32N4O3/c1-29(2)26(33)19-13-14-22-24(16-19)31(27(34)23-12-5-6-15-30(22)23)17-25(32)28-21-11-7-9-18-8-3-4-10-20(18)21/h3-4,8,10,13-14,16,21,23H,5-7,9,11-12,15,17H2,1-2H3,(H,28,32). The maximum atomic E-state index is 13.6. The van der Waals surface area contributed by atoms with Crippen molar-refractivity contribution in [2.75, 3.05) is 37.0 Å². The molecule has 178 valence electrons. The summed E-state index contributed by atoms with van der Waals surface area (Å²) in [5.41, 5.74) is 4.54. The van der Waals surface area contributed by atoms with Gasteiger partial charge < -0.3 is 15.1 Å². The van der Waals surface area contributed by atoms with E-state index in [1.165, 1.54) is 16.0 Å². The van der Waals surface area contributed by atoms with Crippen LogP contribution >= 0.6 is 0 Å². The number of benzene rings is 2. The summed E-state index contributed by atoms with van der Waals surface area (Å²) < 4.78 is 0. The Kier molecular flexibility index (Phi) is 6.02. The number of amides is 3. The van der Waals surface area contributed by atoms with Gasteiger partial charge in [0.05, 0.1) is 17.4 Å². The molecular formula is C27H32N4O3. The number of nitrogens with zero attached hydrogens (tertiary/aromatic N) is 3. The van der Waals surface area contributed by atoms with Gasteiger partial charge >= 0.3 is 0 Å². The van der Waals surface area contributed by atoms with Gasteiger partial charge in [0.2, 0.25) is 11.8 Å². The molecule has 1 fully saturated rings. The van der Waals surface area contributed by atoms with Crippen molar-refractivity contribution in [3.63, 3.8) is 0 Å². The molecule has 34 heavy (non-hydrogen) atoms. The molecule has 2 unspecified atom stereocenters. The van der Waals surface area contributed by atoms with E-state index in [-0.39, 0.29) is 36.3 Å². The van der Waals surface area contributed by atoms with Gasteiger partial charge in [-0.2, -0.15) is 0 Å². The van der Waals surface area contributed by atoms with Crippen LogP contribution in [0.25, 0.3) is 0 Å². The smallest absolute Gasteiger partial charge is 0.253 e. The summed E-state index contributed by atoms with van der Waals surface area (Å²) in [5, 5.41) is 3.18. The summed E-state index contributed by atoms with van der Waals surface area (Å²) in [5.74, 6) is -0.352. The lowest BCUT2D eigenvalue weighted by atomic mass is 9.88. The molecule has 0 spiro atoms. The predicted molar refractivity (Wildman–Crippen MR) is 132 cm³/mol. The van der Waals surface area contributed by atoms with E-state index in [2.05, 4.69) is 22.3 Å². The molecular weight excluding hydrogens is 428 g/mol. The highest BCUT2D eigenvalue weighted by Crippen LogP contribution is 2.40. The molecule has 2 heterocycles. The zero-order valence-corrected chi connectivity index (χ0v) is 19.9. The number of nitrogens with one attached hydrogen (secondary N) is 1. The van der Waals surface area contributed by atoms with E-state index in [1.54, 1.807) is 25.1 Å². The second kappa shape index (κ2) is 9.12. The lowest BCUT2D eigenvalue weighted by molar-refractivity contribution is -0.125. The fourth-order valence-electron chi connectivity index (χ4n) is 5.60. The fourth-order valence-corrected chi connectivity index (χ4v) is 5.60. The summed E-state index contributed by atoms with van der Waals surface area (Å²) in [6, 6.07) is 13.5. The third-order valence-electron chi connectivity index (χ3n) is 7.29. The number of rotatable bonds is 4. The molecule has 2 atom stereocenters. The second-order valence-corrected chi connectivity index (χ2v) is 9.74. The number of piperidine rings is 1. The van der Waals surface area contributed by atoms with Crippen LogP contribution in [0.3, 0.4) is 0 Å². The quantitative estimate of drug-likeness (QED) is 0.760. The number of anilines is 2. The maximum Gasteiger partial charge on any atom is 0.253 e. The van der Waals surface area contributed by atoms with E-state index in [4.69, 9.17) is 0 Å².